The summed E-state index contributed by atoms with van der Waals surface area (Å²) in [4.78, 5) is 11.0. The van der Waals surface area contributed by atoms with E-state index in [-0.39, 0.29) is 16.5 Å². The first-order chi connectivity index (χ1) is 8.76. The highest BCUT2D eigenvalue weighted by Crippen LogP contribution is 2.22. The summed E-state index contributed by atoms with van der Waals surface area (Å²) in [6, 6.07) is 2.29. The maximum atomic E-state index is 12.1. The molecule has 0 saturated heterocycles. The topological polar surface area (TPSA) is 83.5 Å². The van der Waals surface area contributed by atoms with E-state index >= 15 is 0 Å². The van der Waals surface area contributed by atoms with Crippen LogP contribution >= 0.6 is 11.3 Å². The molecule has 0 spiro atoms. The Morgan fingerprint density at radius 2 is 2.16 bits per heavy atom. The molecular formula is C12H15NO4S2. The predicted molar refractivity (Wildman–Crippen MR) is 73.4 cm³/mol. The summed E-state index contributed by atoms with van der Waals surface area (Å²) >= 11 is 0.932. The van der Waals surface area contributed by atoms with Crippen LogP contribution in [0.3, 0.4) is 0 Å². The van der Waals surface area contributed by atoms with Crippen molar-refractivity contribution in [3.8, 4) is 12.3 Å². The van der Waals surface area contributed by atoms with Crippen LogP contribution in [0, 0.1) is 18.3 Å². The Morgan fingerprint density at radius 3 is 2.63 bits per heavy atom. The number of nitrogens with one attached hydrogen (secondary N) is 1. The fraction of sp³-hybridized carbons (Fsp3) is 0.417. The van der Waals surface area contributed by atoms with Gasteiger partial charge in [-0.15, -0.1) is 17.8 Å². The third kappa shape index (κ3) is 4.35. The van der Waals surface area contributed by atoms with E-state index in [4.69, 9.17) is 11.5 Å². The van der Waals surface area contributed by atoms with Gasteiger partial charge in [0.05, 0.1) is 12.5 Å². The lowest BCUT2D eigenvalue weighted by Gasteiger charge is -2.15. The number of hydrogen-bond acceptors (Lipinski definition) is 4. The van der Waals surface area contributed by atoms with E-state index in [0.717, 1.165) is 11.3 Å². The van der Waals surface area contributed by atoms with E-state index < -0.39 is 22.0 Å². The molecule has 0 radical (unpaired) electrons. The van der Waals surface area contributed by atoms with Gasteiger partial charge in [-0.3, -0.25) is 4.79 Å². The number of carbonyl (C=O) groups is 1. The molecule has 0 bridgehead atoms. The standard InChI is InChI=1S/C12H15NO4S2/c1-4-10(8(2)3)13-19(16,17)12-6-5-9(18-12)7-11(14)15/h1,5-6,8,10,13H,7H2,2-3H3,(H,14,15). The first-order valence-corrected chi connectivity index (χ1v) is 7.85. The quantitative estimate of drug-likeness (QED) is 0.776. The summed E-state index contributed by atoms with van der Waals surface area (Å²) in [7, 11) is -3.70. The molecule has 0 fully saturated rings. The first-order valence-electron chi connectivity index (χ1n) is 5.55. The minimum Gasteiger partial charge on any atom is -0.481 e. The summed E-state index contributed by atoms with van der Waals surface area (Å²) in [5.74, 6) is 1.36. The number of rotatable bonds is 6. The molecule has 1 rings (SSSR count). The molecule has 1 atom stereocenters. The molecule has 104 valence electrons. The van der Waals surface area contributed by atoms with E-state index in [1.54, 1.807) is 0 Å². The van der Waals surface area contributed by atoms with Gasteiger partial charge in [-0.25, -0.2) is 8.42 Å². The van der Waals surface area contributed by atoms with Crippen LogP contribution in [0.15, 0.2) is 16.3 Å². The van der Waals surface area contributed by atoms with Crippen LogP contribution in [0.2, 0.25) is 0 Å². The first kappa shape index (κ1) is 15.7. The summed E-state index contributed by atoms with van der Waals surface area (Å²) in [6.07, 6.45) is 5.09. The average Bonchev–Trinajstić information content (AvgIpc) is 2.73. The smallest absolute Gasteiger partial charge is 0.308 e. The van der Waals surface area contributed by atoms with Gasteiger partial charge in [-0.05, 0) is 18.1 Å². The Hall–Kier alpha value is -1.36. The number of aliphatic carboxylic acids is 1. The lowest BCUT2D eigenvalue weighted by Crippen LogP contribution is -2.36. The van der Waals surface area contributed by atoms with E-state index in [1.165, 1.54) is 12.1 Å². The van der Waals surface area contributed by atoms with Gasteiger partial charge < -0.3 is 5.11 Å². The molecule has 2 N–H and O–H groups in total. The number of carboxylic acids is 1. The number of thiophene rings is 1. The number of terminal acetylenes is 1. The zero-order valence-electron chi connectivity index (χ0n) is 10.6. The second-order valence-electron chi connectivity index (χ2n) is 4.30. The minimum absolute atomic E-state index is 0.0294. The Balaban J connectivity index is 2.92. The maximum absolute atomic E-state index is 12.1. The molecule has 1 heterocycles. The summed E-state index contributed by atoms with van der Waals surface area (Å²) in [5, 5.41) is 8.65. The molecule has 1 aromatic heterocycles. The van der Waals surface area contributed by atoms with Crippen LogP contribution in [0.1, 0.15) is 18.7 Å². The molecule has 0 aliphatic rings. The van der Waals surface area contributed by atoms with Crippen LogP contribution < -0.4 is 4.72 Å². The zero-order chi connectivity index (χ0) is 14.6. The molecule has 0 aromatic carbocycles. The fourth-order valence-electron chi connectivity index (χ4n) is 1.33. The number of sulfonamides is 1. The molecule has 0 aliphatic carbocycles. The lowest BCUT2D eigenvalue weighted by atomic mass is 10.1. The average molecular weight is 301 g/mol. The van der Waals surface area contributed by atoms with Gasteiger partial charge in [-0.2, -0.15) is 4.72 Å². The third-order valence-corrected chi connectivity index (χ3v) is 5.37. The second kappa shape index (κ2) is 6.19. The molecular weight excluding hydrogens is 286 g/mol. The van der Waals surface area contributed by atoms with E-state index in [0.29, 0.717) is 4.88 Å². The Kier molecular flexibility index (Phi) is 5.11. The normalized spacial score (nSPS) is 13.2. The molecule has 0 amide bonds. The highest BCUT2D eigenvalue weighted by molar-refractivity contribution is 7.91. The van der Waals surface area contributed by atoms with Crippen molar-refractivity contribution < 1.29 is 18.3 Å². The predicted octanol–water partition coefficient (Wildman–Crippen LogP) is 1.31. The Bertz CT molecular complexity index is 595. The highest BCUT2D eigenvalue weighted by atomic mass is 32.2. The summed E-state index contributed by atoms with van der Waals surface area (Å²) in [5.41, 5.74) is 0. The van der Waals surface area contributed by atoms with Gasteiger partial charge in [0.15, 0.2) is 0 Å². The fourth-order valence-corrected chi connectivity index (χ4v) is 4.00. The SMILES string of the molecule is C#CC(NS(=O)(=O)c1ccc(CC(=O)O)s1)C(C)C. The zero-order valence-corrected chi connectivity index (χ0v) is 12.2. The largest absolute Gasteiger partial charge is 0.481 e. The van der Waals surface area contributed by atoms with Crippen molar-refractivity contribution in [1.82, 2.24) is 4.72 Å². The maximum Gasteiger partial charge on any atom is 0.308 e. The third-order valence-electron chi connectivity index (χ3n) is 2.36. The van der Waals surface area contributed by atoms with Crippen molar-refractivity contribution in [2.75, 3.05) is 0 Å². The van der Waals surface area contributed by atoms with Crippen LogP contribution in [0.25, 0.3) is 0 Å². The monoisotopic (exact) mass is 301 g/mol. The van der Waals surface area contributed by atoms with Gasteiger partial charge in [0.25, 0.3) is 10.0 Å². The van der Waals surface area contributed by atoms with Gasteiger partial charge in [0, 0.05) is 4.88 Å². The van der Waals surface area contributed by atoms with Gasteiger partial charge in [-0.1, -0.05) is 19.8 Å². The van der Waals surface area contributed by atoms with Gasteiger partial charge in [0.2, 0.25) is 0 Å². The van der Waals surface area contributed by atoms with E-state index in [1.807, 2.05) is 13.8 Å². The minimum atomic E-state index is -3.70. The molecule has 1 aromatic rings. The van der Waals surface area contributed by atoms with Crippen LogP contribution in [-0.2, 0) is 21.2 Å². The summed E-state index contributed by atoms with van der Waals surface area (Å²) in [6.45, 7) is 3.63. The van der Waals surface area contributed by atoms with Crippen molar-refractivity contribution in [1.29, 1.82) is 0 Å². The molecule has 7 heteroatoms. The van der Waals surface area contributed by atoms with Crippen LogP contribution in [0.4, 0.5) is 0 Å². The van der Waals surface area contributed by atoms with E-state index in [2.05, 4.69) is 10.6 Å². The molecule has 19 heavy (non-hydrogen) atoms. The van der Waals surface area contributed by atoms with E-state index in [9.17, 15) is 13.2 Å². The number of hydrogen-bond donors (Lipinski definition) is 2. The highest BCUT2D eigenvalue weighted by Gasteiger charge is 2.22. The van der Waals surface area contributed by atoms with Crippen LogP contribution in [-0.4, -0.2) is 25.5 Å². The molecule has 0 saturated carbocycles. The second-order valence-corrected chi connectivity index (χ2v) is 7.41. The molecule has 5 nitrogen and oxygen atoms in total. The van der Waals surface area contributed by atoms with Crippen molar-refractivity contribution >= 4 is 27.3 Å². The molecule has 0 aliphatic heterocycles. The summed E-state index contributed by atoms with van der Waals surface area (Å²) < 4.78 is 26.6. The van der Waals surface area contributed by atoms with Crippen molar-refractivity contribution in [2.45, 2.75) is 30.5 Å². The Labute approximate surface area is 116 Å². The molecule has 1 unspecified atom stereocenters. The Morgan fingerprint density at radius 1 is 1.53 bits per heavy atom. The van der Waals surface area contributed by atoms with Gasteiger partial charge in [0.1, 0.15) is 4.21 Å². The van der Waals surface area contributed by atoms with Crippen molar-refractivity contribution in [3.05, 3.63) is 17.0 Å². The van der Waals surface area contributed by atoms with Crippen LogP contribution in [0.5, 0.6) is 0 Å². The van der Waals surface area contributed by atoms with Gasteiger partial charge >= 0.3 is 5.97 Å². The van der Waals surface area contributed by atoms with Crippen molar-refractivity contribution in [2.24, 2.45) is 5.92 Å². The number of carboxylic acid groups (broad SMARTS) is 1. The van der Waals surface area contributed by atoms with Crippen molar-refractivity contribution in [3.63, 3.8) is 0 Å². The lowest BCUT2D eigenvalue weighted by molar-refractivity contribution is -0.136.